The lowest BCUT2D eigenvalue weighted by molar-refractivity contribution is -0.161. The highest BCUT2D eigenvalue weighted by Gasteiger charge is 2.27. The number of carbonyl (C=O) groups excluding carboxylic acids is 2. The van der Waals surface area contributed by atoms with E-state index in [0.29, 0.717) is 32.1 Å². The van der Waals surface area contributed by atoms with E-state index < -0.39 is 64.5 Å². The van der Waals surface area contributed by atoms with Crippen molar-refractivity contribution in [2.75, 3.05) is 26.4 Å². The number of rotatable bonds is 39. The third-order valence-corrected chi connectivity index (χ3v) is 9.55. The summed E-state index contributed by atoms with van der Waals surface area (Å²) in [6.45, 7) is 2.10. The molecule has 0 saturated heterocycles. The molecule has 0 amide bonds. The van der Waals surface area contributed by atoms with Crippen LogP contribution in [-0.4, -0.2) is 76.9 Å². The molecule has 332 valence electrons. The Morgan fingerprint density at radius 1 is 0.586 bits per heavy atom. The molecule has 0 aromatic rings. The van der Waals surface area contributed by atoms with Crippen LogP contribution in [0.15, 0.2) is 85.1 Å². The molecule has 0 heterocycles. The summed E-state index contributed by atoms with van der Waals surface area (Å²) in [4.78, 5) is 34.9. The highest BCUT2D eigenvalue weighted by molar-refractivity contribution is 7.47. The minimum atomic E-state index is -4.67. The fourth-order valence-corrected chi connectivity index (χ4v) is 5.99. The lowest BCUT2D eigenvalue weighted by Gasteiger charge is -2.20. The average molecular weight is 837 g/mol. The Balaban J connectivity index is 4.58. The van der Waals surface area contributed by atoms with Gasteiger partial charge < -0.3 is 29.7 Å². The van der Waals surface area contributed by atoms with Crippen molar-refractivity contribution >= 4 is 19.8 Å². The van der Waals surface area contributed by atoms with Crippen molar-refractivity contribution < 1.29 is 52.9 Å². The number of aliphatic hydroxyl groups excluding tert-OH is 3. The number of phosphoric acid groups is 1. The molecule has 4 atom stereocenters. The lowest BCUT2D eigenvalue weighted by atomic mass is 10.1. The highest BCUT2D eigenvalue weighted by atomic mass is 31.2. The second-order valence-corrected chi connectivity index (χ2v) is 15.7. The van der Waals surface area contributed by atoms with Gasteiger partial charge in [-0.2, -0.15) is 0 Å². The van der Waals surface area contributed by atoms with Gasteiger partial charge in [0.1, 0.15) is 12.7 Å². The molecule has 0 radical (unpaired) electrons. The highest BCUT2D eigenvalue weighted by Crippen LogP contribution is 2.43. The number of hydrogen-bond donors (Lipinski definition) is 4. The zero-order valence-corrected chi connectivity index (χ0v) is 36.5. The van der Waals surface area contributed by atoms with Crippen molar-refractivity contribution in [3.63, 3.8) is 0 Å². The molecule has 0 spiro atoms. The summed E-state index contributed by atoms with van der Waals surface area (Å²) in [5, 5.41) is 28.4. The summed E-state index contributed by atoms with van der Waals surface area (Å²) < 4.78 is 32.5. The first-order chi connectivity index (χ1) is 28.1. The summed E-state index contributed by atoms with van der Waals surface area (Å²) in [6, 6.07) is 0. The summed E-state index contributed by atoms with van der Waals surface area (Å²) in [6.07, 6.45) is 44.4. The number of ether oxygens (including phenoxy) is 2. The number of carbonyl (C=O) groups is 2. The van der Waals surface area contributed by atoms with Crippen LogP contribution < -0.4 is 0 Å². The van der Waals surface area contributed by atoms with Crippen LogP contribution >= 0.6 is 7.82 Å². The van der Waals surface area contributed by atoms with Gasteiger partial charge in [0.15, 0.2) is 6.10 Å². The van der Waals surface area contributed by atoms with Gasteiger partial charge in [-0.1, -0.05) is 144 Å². The van der Waals surface area contributed by atoms with E-state index in [2.05, 4.69) is 60.9 Å². The van der Waals surface area contributed by atoms with Gasteiger partial charge in [0, 0.05) is 12.8 Å². The van der Waals surface area contributed by atoms with Crippen LogP contribution in [0.1, 0.15) is 149 Å². The monoisotopic (exact) mass is 837 g/mol. The third kappa shape index (κ3) is 39.9. The van der Waals surface area contributed by atoms with Crippen molar-refractivity contribution in [2.24, 2.45) is 0 Å². The predicted octanol–water partition coefficient (Wildman–Crippen LogP) is 10.4. The first-order valence-corrected chi connectivity index (χ1v) is 23.1. The van der Waals surface area contributed by atoms with Crippen LogP contribution in [0, 0.1) is 0 Å². The summed E-state index contributed by atoms with van der Waals surface area (Å²) in [5.41, 5.74) is 0. The maximum atomic E-state index is 12.6. The Kier molecular flexibility index (Phi) is 38.8. The molecule has 0 aliphatic carbocycles. The second kappa shape index (κ2) is 40.9. The number of hydrogen-bond acceptors (Lipinski definition) is 10. The Bertz CT molecular complexity index is 1250. The molecule has 0 aliphatic heterocycles. The molecule has 2 unspecified atom stereocenters. The summed E-state index contributed by atoms with van der Waals surface area (Å²) >= 11 is 0. The molecular weight excluding hydrogens is 759 g/mol. The number of aliphatic hydroxyl groups is 3. The third-order valence-electron chi connectivity index (χ3n) is 8.60. The van der Waals surface area contributed by atoms with Gasteiger partial charge in [-0.15, -0.1) is 0 Å². The Morgan fingerprint density at radius 3 is 1.72 bits per heavy atom. The normalized spacial score (nSPS) is 15.2. The van der Waals surface area contributed by atoms with Gasteiger partial charge in [0.05, 0.1) is 25.9 Å². The minimum absolute atomic E-state index is 0.0342. The summed E-state index contributed by atoms with van der Waals surface area (Å²) in [5.74, 6) is -1.12. The van der Waals surface area contributed by atoms with E-state index in [1.807, 2.05) is 24.3 Å². The smallest absolute Gasteiger partial charge is 0.462 e. The van der Waals surface area contributed by atoms with Gasteiger partial charge in [0.2, 0.25) is 0 Å². The predicted molar refractivity (Wildman–Crippen MR) is 234 cm³/mol. The topological polar surface area (TPSA) is 169 Å². The van der Waals surface area contributed by atoms with Gasteiger partial charge in [-0.25, -0.2) is 4.57 Å². The van der Waals surface area contributed by atoms with Crippen molar-refractivity contribution in [3.05, 3.63) is 85.1 Å². The van der Waals surface area contributed by atoms with Crippen LogP contribution in [-0.2, 0) is 32.7 Å². The van der Waals surface area contributed by atoms with Crippen molar-refractivity contribution in [1.82, 2.24) is 0 Å². The van der Waals surface area contributed by atoms with Gasteiger partial charge in [0.25, 0.3) is 0 Å². The maximum absolute atomic E-state index is 12.6. The van der Waals surface area contributed by atoms with E-state index in [-0.39, 0.29) is 12.8 Å². The van der Waals surface area contributed by atoms with E-state index in [4.69, 9.17) is 19.1 Å². The molecule has 0 saturated carbocycles. The molecule has 12 heteroatoms. The van der Waals surface area contributed by atoms with Gasteiger partial charge >= 0.3 is 19.8 Å². The van der Waals surface area contributed by atoms with E-state index in [1.54, 1.807) is 18.2 Å². The van der Waals surface area contributed by atoms with Crippen LogP contribution in [0.4, 0.5) is 0 Å². The first kappa shape index (κ1) is 55.1. The fourth-order valence-electron chi connectivity index (χ4n) is 5.20. The molecular formula is C46H77O11P. The largest absolute Gasteiger partial charge is 0.472 e. The SMILES string of the molecule is CCCCC/C=C\C/C=C\CC(O)/C=C\C=C\CCCC(=O)O[C@H](COC(=O)CCC/C=C\C/C=C\C/C=C\CCCCCCCC)COP(=O)(O)OC[C@@H](O)CO. The molecule has 58 heavy (non-hydrogen) atoms. The molecule has 0 fully saturated rings. The molecule has 0 aliphatic rings. The van der Waals surface area contributed by atoms with Crippen molar-refractivity contribution in [3.8, 4) is 0 Å². The van der Waals surface area contributed by atoms with E-state index >= 15 is 0 Å². The molecule has 0 aromatic carbocycles. The fraction of sp³-hybridized carbons (Fsp3) is 0.652. The lowest BCUT2D eigenvalue weighted by Crippen LogP contribution is -2.29. The minimum Gasteiger partial charge on any atom is -0.462 e. The zero-order valence-electron chi connectivity index (χ0n) is 35.6. The first-order valence-electron chi connectivity index (χ1n) is 21.7. The molecule has 0 aromatic heterocycles. The Hall–Kier alpha value is -2.89. The quantitative estimate of drug-likeness (QED) is 0.0153. The van der Waals surface area contributed by atoms with Crippen LogP contribution in [0.25, 0.3) is 0 Å². The van der Waals surface area contributed by atoms with Gasteiger partial charge in [-0.05, 0) is 77.0 Å². The van der Waals surface area contributed by atoms with Gasteiger partial charge in [-0.3, -0.25) is 18.6 Å². The number of unbranched alkanes of at least 4 members (excludes halogenated alkanes) is 11. The van der Waals surface area contributed by atoms with Crippen molar-refractivity contribution in [1.29, 1.82) is 0 Å². The number of allylic oxidation sites excluding steroid dienone is 12. The van der Waals surface area contributed by atoms with E-state index in [1.165, 1.54) is 57.8 Å². The standard InChI is InChI=1S/C46H77O11P/c1-3-5-7-9-11-13-14-15-16-17-18-19-20-22-24-28-32-36-45(50)54-40-44(41-56-58(52,53)55-39-43(49)38-47)57-46(51)37-33-29-25-27-31-35-42(48)34-30-26-23-21-12-10-8-6-4-2/h12,15-16,18-19,21-22,24-27,30-31,35,42-44,47-49H,3-11,13-14,17,20,23,28-29,32-34,36-41H2,1-2H3,(H,52,53)/b16-15-,19-18-,21-12-,24-22-,27-25+,30-26-,35-31-/t42?,43-,44+/m0/s1. The summed E-state index contributed by atoms with van der Waals surface area (Å²) in [7, 11) is -4.67. The number of esters is 2. The molecule has 0 bridgehead atoms. The van der Waals surface area contributed by atoms with Crippen LogP contribution in [0.5, 0.6) is 0 Å². The zero-order chi connectivity index (χ0) is 42.8. The second-order valence-electron chi connectivity index (χ2n) is 14.2. The molecule has 0 rings (SSSR count). The Morgan fingerprint density at radius 2 is 1.09 bits per heavy atom. The molecule has 4 N–H and O–H groups in total. The molecule has 11 nitrogen and oxygen atoms in total. The van der Waals surface area contributed by atoms with Crippen LogP contribution in [0.3, 0.4) is 0 Å². The van der Waals surface area contributed by atoms with Crippen molar-refractivity contribution in [2.45, 2.75) is 167 Å². The average Bonchev–Trinajstić information content (AvgIpc) is 3.21. The maximum Gasteiger partial charge on any atom is 0.472 e. The van der Waals surface area contributed by atoms with E-state index in [0.717, 1.165) is 32.1 Å². The Labute approximate surface area is 350 Å². The van der Waals surface area contributed by atoms with Crippen LogP contribution in [0.2, 0.25) is 0 Å². The van der Waals surface area contributed by atoms with E-state index in [9.17, 15) is 29.3 Å². The number of phosphoric ester groups is 1.